The lowest BCUT2D eigenvalue weighted by molar-refractivity contribution is 0.0337. The van der Waals surface area contributed by atoms with Gasteiger partial charge in [-0.15, -0.1) is 0 Å². The fraction of sp³-hybridized carbons (Fsp3) is 0.310. The maximum Gasteiger partial charge on any atom is 0.161 e. The second-order valence-electron chi connectivity index (χ2n) is 8.83. The number of fused-ring (bicyclic) bond motifs is 1. The average molecular weight is 504 g/mol. The van der Waals surface area contributed by atoms with E-state index in [1.807, 2.05) is 48.5 Å². The van der Waals surface area contributed by atoms with Crippen molar-refractivity contribution in [2.75, 3.05) is 53.7 Å². The first kappa shape index (κ1) is 25.1. The molecule has 8 heteroatoms. The Hall–Kier alpha value is -3.59. The Morgan fingerprint density at radius 2 is 1.78 bits per heavy atom. The summed E-state index contributed by atoms with van der Waals surface area (Å²) in [5.74, 6) is 1.01. The number of morpholine rings is 1. The highest BCUT2D eigenvalue weighted by Crippen LogP contribution is 2.34. The molecule has 4 aromatic rings. The van der Waals surface area contributed by atoms with Crippen LogP contribution in [0, 0.1) is 5.82 Å². The van der Waals surface area contributed by atoms with E-state index in [1.165, 1.54) is 0 Å². The van der Waals surface area contributed by atoms with Gasteiger partial charge in [0.25, 0.3) is 0 Å². The Morgan fingerprint density at radius 1 is 0.946 bits per heavy atom. The predicted molar refractivity (Wildman–Crippen MR) is 140 cm³/mol. The van der Waals surface area contributed by atoms with Crippen LogP contribution in [0.25, 0.3) is 33.4 Å². The van der Waals surface area contributed by atoms with E-state index in [0.717, 1.165) is 35.3 Å². The summed E-state index contributed by atoms with van der Waals surface area (Å²) in [5, 5.41) is 0. The monoisotopic (exact) mass is 503 g/mol. The minimum Gasteiger partial charge on any atom is -0.493 e. The molecule has 5 rings (SSSR count). The number of rotatable bonds is 9. The van der Waals surface area contributed by atoms with Crippen molar-refractivity contribution in [2.24, 2.45) is 0 Å². The standard InChI is InChI=1S/C29H30FN3O4/c1-34-14-15-37-27-9-8-21(17-28(27)35-2)26-18-31-25-5-3-4-23(29(25)32-26)20-6-7-22(24(30)16-20)19-33-10-12-36-13-11-33/h3-9,16-18H,10-15,19H2,1-2H3. The van der Waals surface area contributed by atoms with E-state index in [-0.39, 0.29) is 5.82 Å². The molecule has 0 spiro atoms. The molecule has 7 nitrogen and oxygen atoms in total. The van der Waals surface area contributed by atoms with Crippen LogP contribution in [0.3, 0.4) is 0 Å². The van der Waals surface area contributed by atoms with E-state index in [9.17, 15) is 0 Å². The molecular weight excluding hydrogens is 473 g/mol. The van der Waals surface area contributed by atoms with Crippen molar-refractivity contribution in [1.29, 1.82) is 0 Å². The zero-order valence-corrected chi connectivity index (χ0v) is 21.1. The highest BCUT2D eigenvalue weighted by molar-refractivity contribution is 5.92. The Labute approximate surface area is 215 Å². The van der Waals surface area contributed by atoms with Crippen LogP contribution in [-0.4, -0.2) is 68.6 Å². The SMILES string of the molecule is COCCOc1ccc(-c2cnc3cccc(-c4ccc(CN5CCOCC5)c(F)c4)c3n2)cc1OC. The molecule has 0 saturated carbocycles. The lowest BCUT2D eigenvalue weighted by atomic mass is 10.0. The molecule has 1 fully saturated rings. The second-order valence-corrected chi connectivity index (χ2v) is 8.83. The molecule has 0 amide bonds. The van der Waals surface area contributed by atoms with Gasteiger partial charge in [-0.3, -0.25) is 9.88 Å². The van der Waals surface area contributed by atoms with Crippen LogP contribution in [0.1, 0.15) is 5.56 Å². The zero-order chi connectivity index (χ0) is 25.6. The topological polar surface area (TPSA) is 65.9 Å². The van der Waals surface area contributed by atoms with Crippen LogP contribution in [-0.2, 0) is 16.0 Å². The van der Waals surface area contributed by atoms with E-state index in [1.54, 1.807) is 26.5 Å². The molecule has 0 N–H and O–H groups in total. The van der Waals surface area contributed by atoms with Crippen LogP contribution in [0.15, 0.2) is 60.8 Å². The predicted octanol–water partition coefficient (Wildman–Crippen LogP) is 4.97. The number of nitrogens with zero attached hydrogens (tertiary/aromatic N) is 3. The van der Waals surface area contributed by atoms with Crippen LogP contribution in [0.4, 0.5) is 4.39 Å². The summed E-state index contributed by atoms with van der Waals surface area (Å²) < 4.78 is 36.9. The van der Waals surface area contributed by atoms with E-state index < -0.39 is 0 Å². The molecule has 192 valence electrons. The van der Waals surface area contributed by atoms with Crippen LogP contribution >= 0.6 is 0 Å². The Morgan fingerprint density at radius 3 is 2.57 bits per heavy atom. The first-order valence-corrected chi connectivity index (χ1v) is 12.3. The summed E-state index contributed by atoms with van der Waals surface area (Å²) in [6.45, 7) is 4.48. The number of hydrogen-bond donors (Lipinski definition) is 0. The molecule has 0 unspecified atom stereocenters. The molecule has 0 atom stereocenters. The highest BCUT2D eigenvalue weighted by atomic mass is 19.1. The third kappa shape index (κ3) is 5.72. The average Bonchev–Trinajstić information content (AvgIpc) is 2.94. The normalized spacial score (nSPS) is 14.1. The van der Waals surface area contributed by atoms with Gasteiger partial charge in [-0.25, -0.2) is 9.37 Å². The van der Waals surface area contributed by atoms with Crippen molar-refractivity contribution in [3.8, 4) is 33.9 Å². The molecule has 0 aliphatic carbocycles. The van der Waals surface area contributed by atoms with Gasteiger partial charge in [-0.05, 0) is 35.9 Å². The largest absolute Gasteiger partial charge is 0.493 e. The quantitative estimate of drug-likeness (QED) is 0.299. The Bertz CT molecular complexity index is 1370. The summed E-state index contributed by atoms with van der Waals surface area (Å²) in [7, 11) is 3.23. The van der Waals surface area contributed by atoms with Gasteiger partial charge in [0.05, 0.1) is 49.9 Å². The van der Waals surface area contributed by atoms with Crippen molar-refractivity contribution in [1.82, 2.24) is 14.9 Å². The molecule has 3 aromatic carbocycles. The minimum absolute atomic E-state index is 0.223. The second kappa shape index (κ2) is 11.6. The van der Waals surface area contributed by atoms with Crippen molar-refractivity contribution in [2.45, 2.75) is 6.54 Å². The number of methoxy groups -OCH3 is 2. The van der Waals surface area contributed by atoms with Gasteiger partial charge in [-0.2, -0.15) is 0 Å². The number of hydrogen-bond acceptors (Lipinski definition) is 7. The van der Waals surface area contributed by atoms with E-state index >= 15 is 4.39 Å². The van der Waals surface area contributed by atoms with E-state index in [2.05, 4.69) is 9.88 Å². The zero-order valence-electron chi connectivity index (χ0n) is 21.1. The molecule has 1 aliphatic heterocycles. The molecule has 1 saturated heterocycles. The third-order valence-electron chi connectivity index (χ3n) is 6.44. The lowest BCUT2D eigenvalue weighted by Gasteiger charge is -2.26. The fourth-order valence-corrected chi connectivity index (χ4v) is 4.43. The van der Waals surface area contributed by atoms with E-state index in [4.69, 9.17) is 23.9 Å². The molecule has 2 heterocycles. The molecule has 0 bridgehead atoms. The number of benzene rings is 3. The summed E-state index contributed by atoms with van der Waals surface area (Å²) in [6.07, 6.45) is 1.73. The van der Waals surface area contributed by atoms with Gasteiger partial charge in [-0.1, -0.05) is 24.3 Å². The number of ether oxygens (including phenoxy) is 4. The Kier molecular flexibility index (Phi) is 7.89. The maximum atomic E-state index is 15.1. The fourth-order valence-electron chi connectivity index (χ4n) is 4.43. The molecule has 0 radical (unpaired) electrons. The Balaban J connectivity index is 1.45. The number of halogens is 1. The van der Waals surface area contributed by atoms with Crippen molar-refractivity contribution in [3.05, 3.63) is 72.2 Å². The minimum atomic E-state index is -0.223. The van der Waals surface area contributed by atoms with E-state index in [0.29, 0.717) is 61.2 Å². The summed E-state index contributed by atoms with van der Waals surface area (Å²) in [6, 6.07) is 16.8. The summed E-state index contributed by atoms with van der Waals surface area (Å²) >= 11 is 0. The third-order valence-corrected chi connectivity index (χ3v) is 6.44. The van der Waals surface area contributed by atoms with Crippen LogP contribution < -0.4 is 9.47 Å². The first-order valence-electron chi connectivity index (χ1n) is 12.3. The molecule has 1 aliphatic rings. The van der Waals surface area contributed by atoms with Crippen LogP contribution in [0.5, 0.6) is 11.5 Å². The lowest BCUT2D eigenvalue weighted by Crippen LogP contribution is -2.35. The molecule has 37 heavy (non-hydrogen) atoms. The number of para-hydroxylation sites is 1. The van der Waals surface area contributed by atoms with Gasteiger partial charge < -0.3 is 18.9 Å². The van der Waals surface area contributed by atoms with Crippen molar-refractivity contribution < 1.29 is 23.3 Å². The van der Waals surface area contributed by atoms with Gasteiger partial charge in [0.1, 0.15) is 12.4 Å². The molecular formula is C29H30FN3O4. The van der Waals surface area contributed by atoms with Crippen LogP contribution in [0.2, 0.25) is 0 Å². The summed E-state index contributed by atoms with van der Waals surface area (Å²) in [4.78, 5) is 11.8. The maximum absolute atomic E-state index is 15.1. The number of aromatic nitrogens is 2. The van der Waals surface area contributed by atoms with Gasteiger partial charge >= 0.3 is 0 Å². The summed E-state index contributed by atoms with van der Waals surface area (Å²) in [5.41, 5.74) is 5.25. The van der Waals surface area contributed by atoms with Crippen molar-refractivity contribution in [3.63, 3.8) is 0 Å². The van der Waals surface area contributed by atoms with Gasteiger partial charge in [0.2, 0.25) is 0 Å². The highest BCUT2D eigenvalue weighted by Gasteiger charge is 2.16. The molecule has 1 aromatic heterocycles. The van der Waals surface area contributed by atoms with Gasteiger partial charge in [0, 0.05) is 43.4 Å². The first-order chi connectivity index (χ1) is 18.2. The van der Waals surface area contributed by atoms with Crippen molar-refractivity contribution >= 4 is 11.0 Å². The van der Waals surface area contributed by atoms with Gasteiger partial charge in [0.15, 0.2) is 11.5 Å². The smallest absolute Gasteiger partial charge is 0.161 e.